The van der Waals surface area contributed by atoms with E-state index in [0.29, 0.717) is 12.6 Å². The molecule has 0 radical (unpaired) electrons. The summed E-state index contributed by atoms with van der Waals surface area (Å²) in [5.41, 5.74) is 0. The van der Waals surface area contributed by atoms with Crippen LogP contribution in [0.3, 0.4) is 0 Å². The van der Waals surface area contributed by atoms with E-state index in [2.05, 4.69) is 24.5 Å². The Hall–Kier alpha value is -0.120. The molecule has 2 saturated heterocycles. The van der Waals surface area contributed by atoms with Gasteiger partial charge in [-0.05, 0) is 46.1 Å². The van der Waals surface area contributed by atoms with E-state index in [9.17, 15) is 0 Å². The lowest BCUT2D eigenvalue weighted by atomic mass is 10.0. The zero-order valence-corrected chi connectivity index (χ0v) is 10.1. The van der Waals surface area contributed by atoms with E-state index < -0.39 is 0 Å². The molecule has 3 nitrogen and oxygen atoms in total. The molecule has 2 unspecified atom stereocenters. The van der Waals surface area contributed by atoms with Crippen LogP contribution in [0.4, 0.5) is 0 Å². The molecular weight excluding hydrogens is 188 g/mol. The summed E-state index contributed by atoms with van der Waals surface area (Å²) in [6.45, 7) is 5.91. The summed E-state index contributed by atoms with van der Waals surface area (Å²) in [6, 6.07) is 1.93. The third-order valence-corrected chi connectivity index (χ3v) is 3.23. The van der Waals surface area contributed by atoms with Gasteiger partial charge in [-0.25, -0.2) is 0 Å². The molecular formula is C12H26N2O. The van der Waals surface area contributed by atoms with Crippen molar-refractivity contribution in [3.63, 3.8) is 0 Å². The zero-order valence-electron chi connectivity index (χ0n) is 10.1. The largest absolute Gasteiger partial charge is 0.395 e. The minimum atomic E-state index is 0.306. The van der Waals surface area contributed by atoms with Crippen molar-refractivity contribution in [2.75, 3.05) is 13.2 Å². The number of aliphatic hydroxyl groups excluding tert-OH is 1. The summed E-state index contributed by atoms with van der Waals surface area (Å²) in [5.74, 6) is 0. The van der Waals surface area contributed by atoms with Crippen LogP contribution in [0.5, 0.6) is 0 Å². The third kappa shape index (κ3) is 5.50. The summed E-state index contributed by atoms with van der Waals surface area (Å²) < 4.78 is 0. The van der Waals surface area contributed by atoms with Gasteiger partial charge < -0.3 is 15.7 Å². The van der Waals surface area contributed by atoms with Gasteiger partial charge in [-0.15, -0.1) is 0 Å². The van der Waals surface area contributed by atoms with Crippen LogP contribution in [-0.2, 0) is 0 Å². The Balaban J connectivity index is 0.000000151. The lowest BCUT2D eigenvalue weighted by molar-refractivity contribution is 0.255. The van der Waals surface area contributed by atoms with E-state index >= 15 is 0 Å². The molecule has 2 aliphatic heterocycles. The highest BCUT2D eigenvalue weighted by atomic mass is 16.3. The fourth-order valence-electron chi connectivity index (χ4n) is 2.30. The molecule has 2 heterocycles. The first-order chi connectivity index (χ1) is 7.22. The molecule has 0 aromatic heterocycles. The van der Waals surface area contributed by atoms with Crippen molar-refractivity contribution in [2.45, 2.75) is 64.1 Å². The topological polar surface area (TPSA) is 44.3 Å². The van der Waals surface area contributed by atoms with Gasteiger partial charge in [0, 0.05) is 18.1 Å². The highest BCUT2D eigenvalue weighted by Crippen LogP contribution is 2.10. The fraction of sp³-hybridized carbons (Fsp3) is 1.00. The van der Waals surface area contributed by atoms with Crippen molar-refractivity contribution >= 4 is 0 Å². The number of piperidine rings is 1. The van der Waals surface area contributed by atoms with E-state index in [1.54, 1.807) is 0 Å². The van der Waals surface area contributed by atoms with Crippen LogP contribution in [0, 0.1) is 0 Å². The van der Waals surface area contributed by atoms with Gasteiger partial charge in [0.15, 0.2) is 0 Å². The number of nitrogens with one attached hydrogen (secondary N) is 2. The van der Waals surface area contributed by atoms with E-state index in [1.165, 1.54) is 25.7 Å². The van der Waals surface area contributed by atoms with Crippen LogP contribution >= 0.6 is 0 Å². The zero-order chi connectivity index (χ0) is 11.1. The minimum absolute atomic E-state index is 0.306. The fourth-order valence-corrected chi connectivity index (χ4v) is 2.30. The second-order valence-corrected chi connectivity index (χ2v) is 4.88. The molecule has 0 spiro atoms. The average molecular weight is 214 g/mol. The molecule has 3 heteroatoms. The second-order valence-electron chi connectivity index (χ2n) is 4.88. The maximum atomic E-state index is 8.50. The highest BCUT2D eigenvalue weighted by molar-refractivity contribution is 4.73. The molecule has 0 aliphatic carbocycles. The van der Waals surface area contributed by atoms with Gasteiger partial charge in [0.2, 0.25) is 0 Å². The Labute approximate surface area is 93.6 Å². The number of hydrogen-bond acceptors (Lipinski definition) is 3. The molecule has 2 aliphatic rings. The number of aliphatic hydroxyl groups is 1. The molecule has 15 heavy (non-hydrogen) atoms. The first kappa shape index (κ1) is 12.9. The Morgan fingerprint density at radius 2 is 1.73 bits per heavy atom. The van der Waals surface area contributed by atoms with Crippen molar-refractivity contribution in [1.29, 1.82) is 0 Å². The molecule has 90 valence electrons. The Morgan fingerprint density at radius 3 is 2.00 bits per heavy atom. The van der Waals surface area contributed by atoms with E-state index in [1.807, 2.05) is 0 Å². The molecule has 3 atom stereocenters. The monoisotopic (exact) mass is 214 g/mol. The number of rotatable bonds is 1. The highest BCUT2D eigenvalue weighted by Gasteiger charge is 2.12. The van der Waals surface area contributed by atoms with E-state index in [-0.39, 0.29) is 0 Å². The average Bonchev–Trinajstić information content (AvgIpc) is 2.70. The predicted octanol–water partition coefficient (Wildman–Crippen LogP) is 1.27. The molecule has 0 aromatic rings. The first-order valence-electron chi connectivity index (χ1n) is 6.32. The second kappa shape index (κ2) is 7.20. The van der Waals surface area contributed by atoms with Gasteiger partial charge in [-0.2, -0.15) is 0 Å². The van der Waals surface area contributed by atoms with Crippen LogP contribution < -0.4 is 10.6 Å². The van der Waals surface area contributed by atoms with Crippen LogP contribution in [0.2, 0.25) is 0 Å². The maximum Gasteiger partial charge on any atom is 0.0584 e. The van der Waals surface area contributed by atoms with Gasteiger partial charge in [-0.1, -0.05) is 6.42 Å². The predicted molar refractivity (Wildman–Crippen MR) is 64.0 cm³/mol. The van der Waals surface area contributed by atoms with Crippen LogP contribution in [0.1, 0.15) is 46.0 Å². The van der Waals surface area contributed by atoms with Crippen molar-refractivity contribution in [3.8, 4) is 0 Å². The molecule has 3 N–H and O–H groups in total. The van der Waals surface area contributed by atoms with Gasteiger partial charge in [0.25, 0.3) is 0 Å². The molecule has 0 bridgehead atoms. The van der Waals surface area contributed by atoms with Gasteiger partial charge in [0.05, 0.1) is 6.61 Å². The first-order valence-corrected chi connectivity index (χ1v) is 6.32. The van der Waals surface area contributed by atoms with E-state index in [0.717, 1.165) is 25.0 Å². The van der Waals surface area contributed by atoms with E-state index in [4.69, 9.17) is 5.11 Å². The minimum Gasteiger partial charge on any atom is -0.395 e. The SMILES string of the molecule is CC1CCCC(C)N1.OC[C@H]1CCCN1. The lowest BCUT2D eigenvalue weighted by Gasteiger charge is -2.25. The smallest absolute Gasteiger partial charge is 0.0584 e. The van der Waals surface area contributed by atoms with Crippen LogP contribution in [0.15, 0.2) is 0 Å². The van der Waals surface area contributed by atoms with Gasteiger partial charge in [0.1, 0.15) is 0 Å². The molecule has 0 amide bonds. The van der Waals surface area contributed by atoms with Gasteiger partial charge >= 0.3 is 0 Å². The Bertz CT molecular complexity index is 150. The van der Waals surface area contributed by atoms with Crippen molar-refractivity contribution < 1.29 is 5.11 Å². The maximum absolute atomic E-state index is 8.50. The molecule has 0 saturated carbocycles. The number of hydrogen-bond donors (Lipinski definition) is 3. The summed E-state index contributed by atoms with van der Waals surface area (Å²) in [5, 5.41) is 15.1. The van der Waals surface area contributed by atoms with Crippen LogP contribution in [-0.4, -0.2) is 36.4 Å². The standard InChI is InChI=1S/C7H15N.C5H11NO/c1-6-4-3-5-7(2)8-6;7-4-5-2-1-3-6-5/h6-8H,3-5H2,1-2H3;5-7H,1-4H2/t;5-/m.1/s1. The lowest BCUT2D eigenvalue weighted by Crippen LogP contribution is -2.38. The Kier molecular flexibility index (Phi) is 6.22. The molecule has 2 fully saturated rings. The summed E-state index contributed by atoms with van der Waals surface area (Å²) in [4.78, 5) is 0. The summed E-state index contributed by atoms with van der Waals surface area (Å²) in [6.07, 6.45) is 6.52. The van der Waals surface area contributed by atoms with Crippen LogP contribution in [0.25, 0.3) is 0 Å². The quantitative estimate of drug-likeness (QED) is 0.616. The summed E-state index contributed by atoms with van der Waals surface area (Å²) >= 11 is 0. The van der Waals surface area contributed by atoms with Gasteiger partial charge in [-0.3, -0.25) is 0 Å². The molecule has 2 rings (SSSR count). The normalized spacial score (nSPS) is 35.8. The van der Waals surface area contributed by atoms with Crippen molar-refractivity contribution in [1.82, 2.24) is 10.6 Å². The third-order valence-electron chi connectivity index (χ3n) is 3.23. The Morgan fingerprint density at radius 1 is 1.07 bits per heavy atom. The van der Waals surface area contributed by atoms with Crippen molar-refractivity contribution in [3.05, 3.63) is 0 Å². The molecule has 0 aromatic carbocycles. The summed E-state index contributed by atoms with van der Waals surface area (Å²) in [7, 11) is 0. The van der Waals surface area contributed by atoms with Crippen molar-refractivity contribution in [2.24, 2.45) is 0 Å².